The summed E-state index contributed by atoms with van der Waals surface area (Å²) in [5.74, 6) is -0.297. The topological polar surface area (TPSA) is 66.4 Å². The van der Waals surface area contributed by atoms with E-state index in [0.717, 1.165) is 0 Å². The van der Waals surface area contributed by atoms with Gasteiger partial charge in [-0.15, -0.1) is 0 Å². The molecule has 0 aliphatic heterocycles. The van der Waals surface area contributed by atoms with Crippen molar-refractivity contribution >= 4 is 21.4 Å². The van der Waals surface area contributed by atoms with Gasteiger partial charge in [0.15, 0.2) is 9.84 Å². The van der Waals surface area contributed by atoms with Gasteiger partial charge in [0.1, 0.15) is 0 Å². The van der Waals surface area contributed by atoms with Gasteiger partial charge >= 0.3 is 0 Å². The minimum Gasteiger partial charge on any atom is -0.391 e. The third-order valence-electron chi connectivity index (χ3n) is 2.35. The number of aliphatic hydroxyl groups excluding tert-OH is 1. The Morgan fingerprint density at radius 3 is 2.33 bits per heavy atom. The smallest absolute Gasteiger partial charge is 0.180 e. The van der Waals surface area contributed by atoms with Gasteiger partial charge in [-0.2, -0.15) is 0 Å². The normalized spacial score (nSPS) is 13.8. The van der Waals surface area contributed by atoms with Crippen molar-refractivity contribution in [1.82, 2.24) is 5.32 Å². The molecular formula is C12H18ClNO3S. The minimum absolute atomic E-state index is 0.176. The number of benzene rings is 1. The number of sulfone groups is 1. The largest absolute Gasteiger partial charge is 0.391 e. The van der Waals surface area contributed by atoms with Crippen LogP contribution in [-0.4, -0.2) is 38.0 Å². The first-order valence-corrected chi connectivity index (χ1v) is 7.74. The molecule has 4 nitrogen and oxygen atoms in total. The Kier molecular flexibility index (Phi) is 5.59. The molecule has 2 N–H and O–H groups in total. The highest BCUT2D eigenvalue weighted by Gasteiger charge is 2.19. The Labute approximate surface area is 113 Å². The molecule has 0 spiro atoms. The average molecular weight is 292 g/mol. The van der Waals surface area contributed by atoms with Crippen LogP contribution in [-0.2, 0) is 9.84 Å². The van der Waals surface area contributed by atoms with Crippen molar-refractivity contribution in [2.24, 2.45) is 0 Å². The lowest BCUT2D eigenvalue weighted by Gasteiger charge is -2.14. The van der Waals surface area contributed by atoms with Gasteiger partial charge in [0, 0.05) is 17.6 Å². The Balaban J connectivity index is 2.67. The van der Waals surface area contributed by atoms with Crippen LogP contribution in [0.4, 0.5) is 0 Å². The van der Waals surface area contributed by atoms with Gasteiger partial charge in [-0.05, 0) is 24.3 Å². The van der Waals surface area contributed by atoms with E-state index in [1.807, 2.05) is 13.8 Å². The van der Waals surface area contributed by atoms with Crippen LogP contribution in [0.2, 0.25) is 5.02 Å². The van der Waals surface area contributed by atoms with Crippen molar-refractivity contribution in [2.45, 2.75) is 30.9 Å². The number of halogens is 1. The number of hydrogen-bond donors (Lipinski definition) is 2. The van der Waals surface area contributed by atoms with Crippen molar-refractivity contribution in [3.05, 3.63) is 29.3 Å². The molecule has 0 amide bonds. The molecule has 1 atom stereocenters. The van der Waals surface area contributed by atoms with Gasteiger partial charge in [-0.25, -0.2) is 8.42 Å². The molecule has 18 heavy (non-hydrogen) atoms. The number of hydrogen-bond acceptors (Lipinski definition) is 4. The van der Waals surface area contributed by atoms with Crippen LogP contribution < -0.4 is 5.32 Å². The maximum atomic E-state index is 12.0. The first kappa shape index (κ1) is 15.4. The minimum atomic E-state index is -3.47. The second-order valence-electron chi connectivity index (χ2n) is 4.45. The molecule has 1 aromatic carbocycles. The lowest BCUT2D eigenvalue weighted by Crippen LogP contribution is -2.35. The highest BCUT2D eigenvalue weighted by molar-refractivity contribution is 7.91. The molecule has 102 valence electrons. The van der Waals surface area contributed by atoms with Crippen LogP contribution in [0.1, 0.15) is 13.8 Å². The van der Waals surface area contributed by atoms with E-state index >= 15 is 0 Å². The van der Waals surface area contributed by atoms with E-state index in [0.29, 0.717) is 5.02 Å². The maximum absolute atomic E-state index is 12.0. The summed E-state index contributed by atoms with van der Waals surface area (Å²) in [6, 6.07) is 6.14. The summed E-state index contributed by atoms with van der Waals surface area (Å²) < 4.78 is 23.9. The molecule has 1 unspecified atom stereocenters. The molecule has 1 aromatic rings. The summed E-state index contributed by atoms with van der Waals surface area (Å²) in [6.07, 6.45) is -0.923. The van der Waals surface area contributed by atoms with Gasteiger partial charge < -0.3 is 10.4 Å². The van der Waals surface area contributed by atoms with Gasteiger partial charge in [0.25, 0.3) is 0 Å². The molecule has 1 rings (SSSR count). The van der Waals surface area contributed by atoms with Gasteiger partial charge in [0.2, 0.25) is 0 Å². The second kappa shape index (κ2) is 6.52. The van der Waals surface area contributed by atoms with Crippen molar-refractivity contribution in [2.75, 3.05) is 12.3 Å². The zero-order chi connectivity index (χ0) is 13.8. The Bertz CT molecular complexity index is 471. The zero-order valence-electron chi connectivity index (χ0n) is 10.4. The standard InChI is InChI=1S/C12H18ClNO3S/c1-9(2)14-7-11(15)8-18(16,17)12-5-3-10(13)4-6-12/h3-6,9,11,14-15H,7-8H2,1-2H3. The third kappa shape index (κ3) is 4.94. The molecule has 0 aromatic heterocycles. The SMILES string of the molecule is CC(C)NCC(O)CS(=O)(=O)c1ccc(Cl)cc1. The van der Waals surface area contributed by atoms with Gasteiger partial charge in [-0.1, -0.05) is 25.4 Å². The van der Waals surface area contributed by atoms with Crippen molar-refractivity contribution in [3.63, 3.8) is 0 Å². The highest BCUT2D eigenvalue weighted by atomic mass is 35.5. The van der Waals surface area contributed by atoms with Crippen LogP contribution in [0.25, 0.3) is 0 Å². The molecule has 0 radical (unpaired) electrons. The molecule has 0 saturated heterocycles. The molecule has 0 heterocycles. The van der Waals surface area contributed by atoms with E-state index in [1.54, 1.807) is 0 Å². The third-order valence-corrected chi connectivity index (χ3v) is 4.41. The van der Waals surface area contributed by atoms with E-state index in [4.69, 9.17) is 11.6 Å². The summed E-state index contributed by atoms with van der Waals surface area (Å²) in [5.41, 5.74) is 0. The summed E-state index contributed by atoms with van der Waals surface area (Å²) >= 11 is 5.70. The average Bonchev–Trinajstić information content (AvgIpc) is 2.26. The number of aliphatic hydroxyl groups is 1. The van der Waals surface area contributed by atoms with Crippen molar-refractivity contribution in [3.8, 4) is 0 Å². The monoisotopic (exact) mass is 291 g/mol. The van der Waals surface area contributed by atoms with E-state index in [-0.39, 0.29) is 23.2 Å². The number of rotatable bonds is 6. The Morgan fingerprint density at radius 1 is 1.28 bits per heavy atom. The van der Waals surface area contributed by atoms with E-state index < -0.39 is 15.9 Å². The maximum Gasteiger partial charge on any atom is 0.180 e. The van der Waals surface area contributed by atoms with E-state index in [1.165, 1.54) is 24.3 Å². The van der Waals surface area contributed by atoms with Gasteiger partial charge in [-0.3, -0.25) is 0 Å². The first-order chi connectivity index (χ1) is 8.31. The van der Waals surface area contributed by atoms with E-state index in [9.17, 15) is 13.5 Å². The van der Waals surface area contributed by atoms with Crippen LogP contribution >= 0.6 is 11.6 Å². The molecule has 0 bridgehead atoms. The Hall–Kier alpha value is -0.620. The summed E-state index contributed by atoms with van der Waals surface area (Å²) in [7, 11) is -3.47. The zero-order valence-corrected chi connectivity index (χ0v) is 12.0. The molecule has 0 aliphatic carbocycles. The van der Waals surface area contributed by atoms with Crippen LogP contribution in [0.5, 0.6) is 0 Å². The fraction of sp³-hybridized carbons (Fsp3) is 0.500. The predicted molar refractivity (Wildman–Crippen MR) is 72.7 cm³/mol. The first-order valence-electron chi connectivity index (χ1n) is 5.71. The van der Waals surface area contributed by atoms with E-state index in [2.05, 4.69) is 5.32 Å². The quantitative estimate of drug-likeness (QED) is 0.833. The van der Waals surface area contributed by atoms with Crippen LogP contribution in [0.3, 0.4) is 0 Å². The van der Waals surface area contributed by atoms with Crippen LogP contribution in [0.15, 0.2) is 29.2 Å². The lowest BCUT2D eigenvalue weighted by atomic mass is 10.3. The van der Waals surface area contributed by atoms with Crippen LogP contribution in [0, 0.1) is 0 Å². The molecular weight excluding hydrogens is 274 g/mol. The van der Waals surface area contributed by atoms with Crippen molar-refractivity contribution < 1.29 is 13.5 Å². The van der Waals surface area contributed by atoms with Gasteiger partial charge in [0.05, 0.1) is 16.8 Å². The Morgan fingerprint density at radius 2 is 1.83 bits per heavy atom. The fourth-order valence-corrected chi connectivity index (χ4v) is 2.92. The summed E-state index contributed by atoms with van der Waals surface area (Å²) in [6.45, 7) is 4.12. The van der Waals surface area contributed by atoms with Crippen molar-refractivity contribution in [1.29, 1.82) is 0 Å². The molecule has 0 fully saturated rings. The lowest BCUT2D eigenvalue weighted by molar-refractivity contribution is 0.190. The molecule has 6 heteroatoms. The highest BCUT2D eigenvalue weighted by Crippen LogP contribution is 2.16. The molecule has 0 aliphatic rings. The predicted octanol–water partition coefficient (Wildman–Crippen LogP) is 1.47. The number of nitrogens with one attached hydrogen (secondary N) is 1. The fourth-order valence-electron chi connectivity index (χ4n) is 1.42. The molecule has 0 saturated carbocycles. The second-order valence-corrected chi connectivity index (χ2v) is 6.92. The summed E-state index contributed by atoms with van der Waals surface area (Å²) in [4.78, 5) is 0.176. The summed E-state index contributed by atoms with van der Waals surface area (Å²) in [5, 5.41) is 13.2.